The molecule has 0 saturated carbocycles. The van der Waals surface area contributed by atoms with Gasteiger partial charge in [0.15, 0.2) is 10.1 Å². The minimum Gasteiger partial charge on any atom is -0.744 e. The first-order chi connectivity index (χ1) is 2.94. The molecule has 0 aromatic rings. The summed E-state index contributed by atoms with van der Waals surface area (Å²) in [5, 5.41) is 0. The first kappa shape index (κ1) is 10.7. The van der Waals surface area contributed by atoms with E-state index in [1.165, 1.54) is 0 Å². The average Bonchev–Trinajstić information content (AvgIpc) is 1.31. The summed E-state index contributed by atoms with van der Waals surface area (Å²) in [6.45, 7) is 0. The Morgan fingerprint density at radius 3 is 1.50 bits per heavy atom. The Morgan fingerprint density at radius 1 is 1.38 bits per heavy atom. The molecule has 0 amide bonds. The molecule has 0 unspecified atom stereocenters. The molecule has 0 aromatic carbocycles. The van der Waals surface area contributed by atoms with Gasteiger partial charge in [0.25, 0.3) is 0 Å². The van der Waals surface area contributed by atoms with E-state index in [0.29, 0.717) is 0 Å². The van der Waals surface area contributed by atoms with Crippen LogP contribution in [-0.2, 0) is 10.1 Å². The van der Waals surface area contributed by atoms with Crippen LogP contribution in [-0.4, -0.2) is 18.7 Å². The number of halogens is 2. The van der Waals surface area contributed by atoms with E-state index in [1.807, 2.05) is 0 Å². The lowest BCUT2D eigenvalue weighted by Crippen LogP contribution is -2.08. The smallest absolute Gasteiger partial charge is 0.325 e. The lowest BCUT2D eigenvalue weighted by molar-refractivity contribution is 0.215. The third-order valence-electron chi connectivity index (χ3n) is 0.218. The van der Waals surface area contributed by atoms with Gasteiger partial charge in [-0.1, -0.05) is 0 Å². The number of alkyl halides is 2. The summed E-state index contributed by atoms with van der Waals surface area (Å²) >= 11 is 0. The van der Waals surface area contributed by atoms with Crippen molar-refractivity contribution in [2.45, 2.75) is 5.76 Å². The van der Waals surface area contributed by atoms with Crippen LogP contribution >= 0.6 is 0 Å². The molecule has 0 atom stereocenters. The molecule has 7 heteroatoms. The molecule has 0 aromatic heterocycles. The Labute approximate surface area is 44.8 Å². The summed E-state index contributed by atoms with van der Waals surface area (Å²) < 4.78 is 48.4. The predicted molar refractivity (Wildman–Crippen MR) is 21.7 cm³/mol. The standard InChI is InChI=1S/CH2F2O3S.H3N/c2-1(3)7(4,5)6;/h1H,(H,4,5,6);1H3. The molecule has 4 nitrogen and oxygen atoms in total. The SMILES string of the molecule is O=S(=O)([O-])C(F)F.[NH4+]. The molecule has 0 saturated heterocycles. The highest BCUT2D eigenvalue weighted by Gasteiger charge is 2.08. The molecular formula is CH5F2NO3S. The second-order valence-electron chi connectivity index (χ2n) is 0.753. The Morgan fingerprint density at radius 2 is 1.50 bits per heavy atom. The van der Waals surface area contributed by atoms with Crippen molar-refractivity contribution in [3.8, 4) is 0 Å². The van der Waals surface area contributed by atoms with Gasteiger partial charge in [0.2, 0.25) is 0 Å². The molecule has 0 bridgehead atoms. The highest BCUT2D eigenvalue weighted by molar-refractivity contribution is 7.86. The average molecular weight is 149 g/mol. The molecule has 8 heavy (non-hydrogen) atoms. The van der Waals surface area contributed by atoms with Crippen molar-refractivity contribution in [1.29, 1.82) is 0 Å². The van der Waals surface area contributed by atoms with E-state index in [1.54, 1.807) is 0 Å². The van der Waals surface area contributed by atoms with Gasteiger partial charge >= 0.3 is 5.76 Å². The first-order valence-corrected chi connectivity index (χ1v) is 2.64. The zero-order valence-corrected chi connectivity index (χ0v) is 4.78. The topological polar surface area (TPSA) is 93.7 Å². The fourth-order valence-electron chi connectivity index (χ4n) is 0. The summed E-state index contributed by atoms with van der Waals surface area (Å²) in [5.41, 5.74) is 0. The Hall–Kier alpha value is -0.270. The van der Waals surface area contributed by atoms with Crippen molar-refractivity contribution in [1.82, 2.24) is 6.15 Å². The van der Waals surface area contributed by atoms with Crippen molar-refractivity contribution in [3.63, 3.8) is 0 Å². The fraction of sp³-hybridized carbons (Fsp3) is 1.00. The number of rotatable bonds is 1. The van der Waals surface area contributed by atoms with Gasteiger partial charge in [-0.2, -0.15) is 8.78 Å². The fourth-order valence-corrected chi connectivity index (χ4v) is 0. The van der Waals surface area contributed by atoms with E-state index in [-0.39, 0.29) is 6.15 Å². The van der Waals surface area contributed by atoms with Crippen LogP contribution < -0.4 is 6.15 Å². The second-order valence-corrected chi connectivity index (χ2v) is 2.10. The maximum atomic E-state index is 10.6. The van der Waals surface area contributed by atoms with Crippen LogP contribution in [0, 0.1) is 0 Å². The highest BCUT2D eigenvalue weighted by atomic mass is 32.2. The zero-order chi connectivity index (χ0) is 6.08. The molecule has 52 valence electrons. The van der Waals surface area contributed by atoms with Crippen LogP contribution in [0.5, 0.6) is 0 Å². The van der Waals surface area contributed by atoms with Gasteiger partial charge in [0, 0.05) is 0 Å². The van der Waals surface area contributed by atoms with Gasteiger partial charge in [-0.25, -0.2) is 8.42 Å². The van der Waals surface area contributed by atoms with E-state index in [0.717, 1.165) is 0 Å². The molecule has 4 N–H and O–H groups in total. The predicted octanol–water partition coefficient (Wildman–Crippen LogP) is 0.130. The van der Waals surface area contributed by atoms with Gasteiger partial charge in [-0.15, -0.1) is 0 Å². The van der Waals surface area contributed by atoms with Crippen molar-refractivity contribution in [2.75, 3.05) is 0 Å². The Bertz CT molecular complexity index is 139. The van der Waals surface area contributed by atoms with E-state index in [4.69, 9.17) is 13.0 Å². The van der Waals surface area contributed by atoms with E-state index < -0.39 is 15.9 Å². The summed E-state index contributed by atoms with van der Waals surface area (Å²) in [5.74, 6) is -3.78. The largest absolute Gasteiger partial charge is 0.744 e. The van der Waals surface area contributed by atoms with Crippen molar-refractivity contribution < 1.29 is 21.8 Å². The highest BCUT2D eigenvalue weighted by Crippen LogP contribution is 1.98. The molecular weight excluding hydrogens is 144 g/mol. The molecule has 0 heterocycles. The van der Waals surface area contributed by atoms with E-state index in [2.05, 4.69) is 0 Å². The molecule has 0 spiro atoms. The molecule has 0 fully saturated rings. The van der Waals surface area contributed by atoms with Crippen molar-refractivity contribution in [2.24, 2.45) is 0 Å². The Balaban J connectivity index is 0. The lowest BCUT2D eigenvalue weighted by Gasteiger charge is -2.01. The normalized spacial score (nSPS) is 11.0. The van der Waals surface area contributed by atoms with E-state index >= 15 is 0 Å². The van der Waals surface area contributed by atoms with Crippen LogP contribution in [0.3, 0.4) is 0 Å². The van der Waals surface area contributed by atoms with Crippen LogP contribution in [0.15, 0.2) is 0 Å². The van der Waals surface area contributed by atoms with Gasteiger partial charge in [0.05, 0.1) is 0 Å². The van der Waals surface area contributed by atoms with Crippen LogP contribution in [0.4, 0.5) is 8.78 Å². The van der Waals surface area contributed by atoms with Crippen molar-refractivity contribution in [3.05, 3.63) is 0 Å². The van der Waals surface area contributed by atoms with Gasteiger partial charge in [0.1, 0.15) is 0 Å². The summed E-state index contributed by atoms with van der Waals surface area (Å²) in [6, 6.07) is 0. The monoisotopic (exact) mass is 149 g/mol. The van der Waals surface area contributed by atoms with Crippen LogP contribution in [0.1, 0.15) is 0 Å². The van der Waals surface area contributed by atoms with Crippen molar-refractivity contribution >= 4 is 10.1 Å². The molecule has 0 aliphatic heterocycles. The lowest BCUT2D eigenvalue weighted by atomic mass is 11.7. The van der Waals surface area contributed by atoms with E-state index in [9.17, 15) is 8.78 Å². The van der Waals surface area contributed by atoms with Gasteiger partial charge in [-0.3, -0.25) is 0 Å². The Kier molecular flexibility index (Phi) is 3.86. The molecule has 0 aliphatic rings. The summed E-state index contributed by atoms with van der Waals surface area (Å²) in [6.07, 6.45) is 0. The summed E-state index contributed by atoms with van der Waals surface area (Å²) in [7, 11) is -5.32. The quantitative estimate of drug-likeness (QED) is 0.537. The van der Waals surface area contributed by atoms with Gasteiger partial charge in [-0.05, 0) is 0 Å². The minimum absolute atomic E-state index is 0. The number of quaternary nitrogens is 1. The number of hydrogen-bond acceptors (Lipinski definition) is 3. The third-order valence-corrected chi connectivity index (χ3v) is 0.655. The van der Waals surface area contributed by atoms with Gasteiger partial charge < -0.3 is 10.7 Å². The maximum Gasteiger partial charge on any atom is 0.325 e. The first-order valence-electron chi connectivity index (χ1n) is 1.17. The minimum atomic E-state index is -5.32. The number of hydrogen-bond donors (Lipinski definition) is 1. The molecule has 0 rings (SSSR count). The second kappa shape index (κ2) is 2.90. The molecule has 0 radical (unpaired) electrons. The van der Waals surface area contributed by atoms with Crippen LogP contribution in [0.25, 0.3) is 0 Å². The van der Waals surface area contributed by atoms with Crippen LogP contribution in [0.2, 0.25) is 0 Å². The maximum absolute atomic E-state index is 10.6. The molecule has 0 aliphatic carbocycles. The third kappa shape index (κ3) is 3.90. The zero-order valence-electron chi connectivity index (χ0n) is 3.97. The summed E-state index contributed by atoms with van der Waals surface area (Å²) in [4.78, 5) is 0.